The third kappa shape index (κ3) is 4.36. The van der Waals surface area contributed by atoms with E-state index in [0.29, 0.717) is 10.8 Å². The lowest BCUT2D eigenvalue weighted by Crippen LogP contribution is -2.33. The van der Waals surface area contributed by atoms with Crippen LogP contribution in [0.2, 0.25) is 0 Å². The van der Waals surface area contributed by atoms with Gasteiger partial charge in [0.2, 0.25) is 11.1 Å². The van der Waals surface area contributed by atoms with Gasteiger partial charge in [0.25, 0.3) is 0 Å². The van der Waals surface area contributed by atoms with Gasteiger partial charge in [0, 0.05) is 13.1 Å². The van der Waals surface area contributed by atoms with Crippen molar-refractivity contribution in [3.63, 3.8) is 0 Å². The monoisotopic (exact) mass is 361 g/mol. The molecule has 1 aliphatic heterocycles. The van der Waals surface area contributed by atoms with Gasteiger partial charge in [-0.3, -0.25) is 4.79 Å². The van der Waals surface area contributed by atoms with Crippen LogP contribution in [0.5, 0.6) is 0 Å². The number of tetrazole rings is 1. The Kier molecular flexibility index (Phi) is 5.64. The van der Waals surface area contributed by atoms with Crippen LogP contribution in [0.25, 0.3) is 5.69 Å². The SMILES string of the molecule is O=C(O)c1ccc(-n2nnnc2SCC(=O)N2CCCCCC2)cc1. The topological polar surface area (TPSA) is 101 Å². The van der Waals surface area contributed by atoms with Crippen LogP contribution < -0.4 is 0 Å². The zero-order valence-electron chi connectivity index (χ0n) is 13.7. The van der Waals surface area contributed by atoms with Crippen molar-refractivity contribution in [2.45, 2.75) is 30.8 Å². The number of hydrogen-bond donors (Lipinski definition) is 1. The Morgan fingerprint density at radius 3 is 2.40 bits per heavy atom. The summed E-state index contributed by atoms with van der Waals surface area (Å²) in [7, 11) is 0. The number of carboxylic acids is 1. The fraction of sp³-hybridized carbons (Fsp3) is 0.438. The summed E-state index contributed by atoms with van der Waals surface area (Å²) in [6.45, 7) is 1.64. The molecule has 132 valence electrons. The first-order chi connectivity index (χ1) is 12.1. The third-order valence-electron chi connectivity index (χ3n) is 4.08. The molecule has 0 bridgehead atoms. The summed E-state index contributed by atoms with van der Waals surface area (Å²) in [6.07, 6.45) is 4.48. The highest BCUT2D eigenvalue weighted by Gasteiger charge is 2.18. The molecule has 0 atom stereocenters. The maximum absolute atomic E-state index is 12.4. The Morgan fingerprint density at radius 1 is 1.08 bits per heavy atom. The molecule has 0 saturated carbocycles. The first-order valence-corrected chi connectivity index (χ1v) is 9.16. The maximum atomic E-state index is 12.4. The van der Waals surface area contributed by atoms with Crippen molar-refractivity contribution in [1.29, 1.82) is 0 Å². The van der Waals surface area contributed by atoms with Crippen LogP contribution in [-0.4, -0.2) is 60.9 Å². The number of benzene rings is 1. The standard InChI is InChI=1S/C16H19N5O3S/c22-14(20-9-3-1-2-4-10-20)11-25-16-17-18-19-21(16)13-7-5-12(6-8-13)15(23)24/h5-8H,1-4,9-11H2,(H,23,24). The van der Waals surface area contributed by atoms with Gasteiger partial charge in [0.15, 0.2) is 0 Å². The minimum atomic E-state index is -0.985. The van der Waals surface area contributed by atoms with Crippen molar-refractivity contribution in [1.82, 2.24) is 25.1 Å². The second kappa shape index (κ2) is 8.11. The Hall–Kier alpha value is -2.42. The summed E-state index contributed by atoms with van der Waals surface area (Å²) in [4.78, 5) is 25.2. The van der Waals surface area contributed by atoms with Gasteiger partial charge >= 0.3 is 5.97 Å². The molecule has 0 spiro atoms. The van der Waals surface area contributed by atoms with E-state index in [9.17, 15) is 9.59 Å². The summed E-state index contributed by atoms with van der Waals surface area (Å²) in [5.41, 5.74) is 0.849. The molecular formula is C16H19N5O3S. The van der Waals surface area contributed by atoms with E-state index >= 15 is 0 Å². The summed E-state index contributed by atoms with van der Waals surface area (Å²) in [5.74, 6) is -0.600. The molecule has 8 nitrogen and oxygen atoms in total. The molecule has 9 heteroatoms. The smallest absolute Gasteiger partial charge is 0.335 e. The highest BCUT2D eigenvalue weighted by Crippen LogP contribution is 2.20. The van der Waals surface area contributed by atoms with Crippen molar-refractivity contribution in [3.05, 3.63) is 29.8 Å². The lowest BCUT2D eigenvalue weighted by atomic mass is 10.2. The van der Waals surface area contributed by atoms with Gasteiger partial charge in [-0.1, -0.05) is 24.6 Å². The second-order valence-corrected chi connectivity index (χ2v) is 6.75. The largest absolute Gasteiger partial charge is 0.478 e. The van der Waals surface area contributed by atoms with E-state index in [1.54, 1.807) is 12.1 Å². The minimum Gasteiger partial charge on any atom is -0.478 e. The fourth-order valence-electron chi connectivity index (χ4n) is 2.71. The van der Waals surface area contributed by atoms with Crippen LogP contribution in [0.3, 0.4) is 0 Å². The quantitative estimate of drug-likeness (QED) is 0.811. The molecule has 1 N–H and O–H groups in total. The normalized spacial score (nSPS) is 15.0. The van der Waals surface area contributed by atoms with Crippen molar-refractivity contribution < 1.29 is 14.7 Å². The molecule has 3 rings (SSSR count). The predicted molar refractivity (Wildman–Crippen MR) is 91.9 cm³/mol. The Morgan fingerprint density at radius 2 is 1.76 bits per heavy atom. The molecule has 2 aromatic rings. The van der Waals surface area contributed by atoms with Gasteiger partial charge in [0.1, 0.15) is 0 Å². The molecule has 0 radical (unpaired) electrons. The zero-order chi connectivity index (χ0) is 17.6. The van der Waals surface area contributed by atoms with Crippen LogP contribution in [0.1, 0.15) is 36.0 Å². The zero-order valence-corrected chi connectivity index (χ0v) is 14.5. The Labute approximate surface area is 149 Å². The van der Waals surface area contributed by atoms with E-state index in [0.717, 1.165) is 25.9 Å². The third-order valence-corrected chi connectivity index (χ3v) is 4.99. The lowest BCUT2D eigenvalue weighted by Gasteiger charge is -2.19. The maximum Gasteiger partial charge on any atom is 0.335 e. The average Bonchev–Trinajstić information content (AvgIpc) is 2.92. The first-order valence-electron chi connectivity index (χ1n) is 8.18. The number of carbonyl (C=O) groups excluding carboxylic acids is 1. The van der Waals surface area contributed by atoms with Crippen molar-refractivity contribution in [2.24, 2.45) is 0 Å². The van der Waals surface area contributed by atoms with Crippen LogP contribution >= 0.6 is 11.8 Å². The number of aromatic nitrogens is 4. The van der Waals surface area contributed by atoms with Crippen LogP contribution in [-0.2, 0) is 4.79 Å². The van der Waals surface area contributed by atoms with Crippen molar-refractivity contribution >= 4 is 23.6 Å². The van der Waals surface area contributed by atoms with E-state index in [4.69, 9.17) is 5.11 Å². The Bertz CT molecular complexity index is 738. The number of likely N-dealkylation sites (tertiary alicyclic amines) is 1. The van der Waals surface area contributed by atoms with Crippen molar-refractivity contribution in [2.75, 3.05) is 18.8 Å². The van der Waals surface area contributed by atoms with Crippen LogP contribution in [0.15, 0.2) is 29.4 Å². The molecule has 1 amide bonds. The van der Waals surface area contributed by atoms with E-state index < -0.39 is 5.97 Å². The number of thioether (sulfide) groups is 1. The lowest BCUT2D eigenvalue weighted by molar-refractivity contribution is -0.128. The van der Waals surface area contributed by atoms with Crippen molar-refractivity contribution in [3.8, 4) is 5.69 Å². The highest BCUT2D eigenvalue weighted by molar-refractivity contribution is 7.99. The number of carbonyl (C=O) groups is 2. The van der Waals surface area contributed by atoms with Gasteiger partial charge in [-0.25, -0.2) is 4.79 Å². The van der Waals surface area contributed by atoms with Gasteiger partial charge in [-0.05, 0) is 47.5 Å². The number of amides is 1. The molecule has 0 aliphatic carbocycles. The van der Waals surface area contributed by atoms with E-state index in [1.165, 1.54) is 41.4 Å². The van der Waals surface area contributed by atoms with Gasteiger partial charge in [-0.2, -0.15) is 4.68 Å². The number of rotatable bonds is 5. The molecular weight excluding hydrogens is 342 g/mol. The van der Waals surface area contributed by atoms with Gasteiger partial charge in [0.05, 0.1) is 17.0 Å². The Balaban J connectivity index is 1.65. The summed E-state index contributed by atoms with van der Waals surface area (Å²) < 4.78 is 1.51. The van der Waals surface area contributed by atoms with Gasteiger partial charge < -0.3 is 10.0 Å². The molecule has 1 fully saturated rings. The van der Waals surface area contributed by atoms with Crippen LogP contribution in [0, 0.1) is 0 Å². The summed E-state index contributed by atoms with van der Waals surface area (Å²) in [5, 5.41) is 21.0. The van der Waals surface area contributed by atoms with E-state index in [2.05, 4.69) is 15.5 Å². The van der Waals surface area contributed by atoms with Crippen LogP contribution in [0.4, 0.5) is 0 Å². The summed E-state index contributed by atoms with van der Waals surface area (Å²) in [6, 6.07) is 6.27. The average molecular weight is 361 g/mol. The molecule has 1 aromatic carbocycles. The number of carboxylic acid groups (broad SMARTS) is 1. The van der Waals surface area contributed by atoms with Gasteiger partial charge in [-0.15, -0.1) is 5.10 Å². The molecule has 1 aromatic heterocycles. The molecule has 0 unspecified atom stereocenters. The molecule has 25 heavy (non-hydrogen) atoms. The first kappa shape index (κ1) is 17.4. The molecule has 2 heterocycles. The summed E-state index contributed by atoms with van der Waals surface area (Å²) >= 11 is 1.29. The number of nitrogens with zero attached hydrogens (tertiary/aromatic N) is 5. The minimum absolute atomic E-state index is 0.0997. The van der Waals surface area contributed by atoms with E-state index in [1.807, 2.05) is 4.90 Å². The highest BCUT2D eigenvalue weighted by atomic mass is 32.2. The molecule has 1 saturated heterocycles. The fourth-order valence-corrected chi connectivity index (χ4v) is 3.51. The number of hydrogen-bond acceptors (Lipinski definition) is 6. The second-order valence-electron chi connectivity index (χ2n) is 5.81. The van der Waals surface area contributed by atoms with E-state index in [-0.39, 0.29) is 17.2 Å². The number of aromatic carboxylic acids is 1. The molecule has 1 aliphatic rings. The predicted octanol–water partition coefficient (Wildman–Crippen LogP) is 1.86.